The van der Waals surface area contributed by atoms with E-state index in [1.54, 1.807) is 6.92 Å². The third-order valence-electron chi connectivity index (χ3n) is 3.59. The van der Waals surface area contributed by atoms with E-state index >= 15 is 0 Å². The SMILES string of the molecule is CCC(C(=O)[O-])(C(=O)[O-])C1CCCCC1.[Na+].[Na+]. The molecule has 0 aromatic rings. The summed E-state index contributed by atoms with van der Waals surface area (Å²) in [6, 6.07) is 0. The summed E-state index contributed by atoms with van der Waals surface area (Å²) in [5.74, 6) is -3.31. The van der Waals surface area contributed by atoms with Crippen LogP contribution in [0.15, 0.2) is 0 Å². The van der Waals surface area contributed by atoms with Crippen LogP contribution in [0.5, 0.6) is 0 Å². The molecule has 0 aromatic carbocycles. The number of hydrogen-bond acceptors (Lipinski definition) is 4. The Bertz CT molecular complexity index is 248. The molecule has 86 valence electrons. The average Bonchev–Trinajstić information content (AvgIpc) is 2.20. The Hall–Kier alpha value is 0.940. The van der Waals surface area contributed by atoms with E-state index in [1.165, 1.54) is 0 Å². The van der Waals surface area contributed by atoms with E-state index in [1.807, 2.05) is 0 Å². The Morgan fingerprint density at radius 1 is 1.06 bits per heavy atom. The Morgan fingerprint density at radius 3 is 1.76 bits per heavy atom. The first-order chi connectivity index (χ1) is 7.05. The van der Waals surface area contributed by atoms with Crippen LogP contribution in [0.25, 0.3) is 0 Å². The maximum absolute atomic E-state index is 11.1. The molecule has 1 rings (SSSR count). The molecule has 0 heterocycles. The number of hydrogen-bond donors (Lipinski definition) is 0. The van der Waals surface area contributed by atoms with Gasteiger partial charge in [0.25, 0.3) is 0 Å². The zero-order chi connectivity index (χ0) is 11.5. The fraction of sp³-hybridized carbons (Fsp3) is 0.818. The molecule has 0 spiro atoms. The van der Waals surface area contributed by atoms with Gasteiger partial charge in [-0.3, -0.25) is 0 Å². The Morgan fingerprint density at radius 2 is 1.47 bits per heavy atom. The first-order valence-corrected chi connectivity index (χ1v) is 5.48. The second kappa shape index (κ2) is 8.94. The number of carbonyl (C=O) groups is 2. The molecule has 1 fully saturated rings. The molecule has 1 aliphatic carbocycles. The molecular formula is C11H16Na2O4. The van der Waals surface area contributed by atoms with Gasteiger partial charge in [-0.2, -0.15) is 0 Å². The third kappa shape index (κ3) is 4.22. The summed E-state index contributed by atoms with van der Waals surface area (Å²) >= 11 is 0. The van der Waals surface area contributed by atoms with Crippen molar-refractivity contribution in [1.29, 1.82) is 0 Å². The molecule has 0 unspecified atom stereocenters. The fourth-order valence-corrected chi connectivity index (χ4v) is 2.59. The summed E-state index contributed by atoms with van der Waals surface area (Å²) in [7, 11) is 0. The van der Waals surface area contributed by atoms with Crippen LogP contribution in [0.2, 0.25) is 0 Å². The molecule has 0 bridgehead atoms. The van der Waals surface area contributed by atoms with Gasteiger partial charge < -0.3 is 19.8 Å². The van der Waals surface area contributed by atoms with E-state index in [-0.39, 0.29) is 71.5 Å². The molecule has 0 N–H and O–H groups in total. The average molecular weight is 258 g/mol. The summed E-state index contributed by atoms with van der Waals surface area (Å²) in [5, 5.41) is 22.1. The normalized spacial score (nSPS) is 16.5. The topological polar surface area (TPSA) is 80.3 Å². The van der Waals surface area contributed by atoms with E-state index in [2.05, 4.69) is 0 Å². The van der Waals surface area contributed by atoms with E-state index < -0.39 is 17.4 Å². The summed E-state index contributed by atoms with van der Waals surface area (Å²) in [6.07, 6.45) is 4.18. The van der Waals surface area contributed by atoms with E-state index in [0.29, 0.717) is 12.8 Å². The van der Waals surface area contributed by atoms with Crippen molar-refractivity contribution < 1.29 is 78.9 Å². The maximum Gasteiger partial charge on any atom is 1.00 e. The van der Waals surface area contributed by atoms with Crippen molar-refractivity contribution >= 4 is 11.9 Å². The van der Waals surface area contributed by atoms with Crippen LogP contribution in [0.4, 0.5) is 0 Å². The minimum absolute atomic E-state index is 0. The van der Waals surface area contributed by atoms with Crippen molar-refractivity contribution in [3.63, 3.8) is 0 Å². The zero-order valence-corrected chi connectivity index (χ0v) is 15.0. The van der Waals surface area contributed by atoms with Gasteiger partial charge in [0.15, 0.2) is 0 Å². The first-order valence-electron chi connectivity index (χ1n) is 5.48. The van der Waals surface area contributed by atoms with Crippen molar-refractivity contribution in [2.45, 2.75) is 45.4 Å². The molecule has 17 heavy (non-hydrogen) atoms. The molecule has 6 heteroatoms. The monoisotopic (exact) mass is 258 g/mol. The third-order valence-corrected chi connectivity index (χ3v) is 3.59. The molecule has 0 atom stereocenters. The summed E-state index contributed by atoms with van der Waals surface area (Å²) < 4.78 is 0. The molecule has 0 aliphatic heterocycles. The Balaban J connectivity index is 0. The standard InChI is InChI=1S/C11H18O4.2Na/c1-2-11(9(12)13,10(14)15)8-6-4-3-5-7-8;;/h8H,2-7H2,1H3,(H,12,13)(H,14,15);;/q;2*+1/p-2. The van der Waals surface area contributed by atoms with Crippen molar-refractivity contribution in [2.75, 3.05) is 0 Å². The Kier molecular flexibility index (Phi) is 10.7. The fourth-order valence-electron chi connectivity index (χ4n) is 2.59. The summed E-state index contributed by atoms with van der Waals surface area (Å²) in [6.45, 7) is 1.57. The van der Waals surface area contributed by atoms with Gasteiger partial charge in [-0.1, -0.05) is 26.2 Å². The summed E-state index contributed by atoms with van der Waals surface area (Å²) in [5.41, 5.74) is -1.78. The first kappa shape index (κ1) is 20.3. The van der Waals surface area contributed by atoms with Crippen LogP contribution in [-0.4, -0.2) is 11.9 Å². The number of aliphatic carboxylic acids is 2. The van der Waals surface area contributed by atoms with Crippen molar-refractivity contribution in [1.82, 2.24) is 0 Å². The van der Waals surface area contributed by atoms with Gasteiger partial charge >= 0.3 is 59.1 Å². The zero-order valence-electron chi connectivity index (χ0n) is 11.0. The predicted octanol–water partition coefficient (Wildman–Crippen LogP) is -6.53. The number of carbonyl (C=O) groups excluding carboxylic acids is 2. The number of rotatable bonds is 4. The van der Waals surface area contributed by atoms with Crippen LogP contribution in [0.1, 0.15) is 45.4 Å². The molecule has 1 saturated carbocycles. The molecule has 0 saturated heterocycles. The van der Waals surface area contributed by atoms with Crippen LogP contribution >= 0.6 is 0 Å². The van der Waals surface area contributed by atoms with Gasteiger partial charge in [0.1, 0.15) is 0 Å². The van der Waals surface area contributed by atoms with E-state index in [4.69, 9.17) is 0 Å². The van der Waals surface area contributed by atoms with Gasteiger partial charge in [-0.05, 0) is 25.2 Å². The molecule has 4 nitrogen and oxygen atoms in total. The molecule has 0 aromatic heterocycles. The van der Waals surface area contributed by atoms with Gasteiger partial charge in [0, 0.05) is 0 Å². The minimum Gasteiger partial charge on any atom is -0.549 e. The van der Waals surface area contributed by atoms with Crippen LogP contribution in [-0.2, 0) is 9.59 Å². The smallest absolute Gasteiger partial charge is 0.549 e. The van der Waals surface area contributed by atoms with E-state index in [0.717, 1.165) is 19.3 Å². The predicted molar refractivity (Wildman–Crippen MR) is 49.3 cm³/mol. The van der Waals surface area contributed by atoms with Crippen LogP contribution < -0.4 is 69.3 Å². The largest absolute Gasteiger partial charge is 1.00 e. The summed E-state index contributed by atoms with van der Waals surface area (Å²) in [4.78, 5) is 22.1. The quantitative estimate of drug-likeness (QED) is 0.371. The Labute approximate surface area is 146 Å². The van der Waals surface area contributed by atoms with Gasteiger partial charge in [-0.25, -0.2) is 0 Å². The van der Waals surface area contributed by atoms with Crippen molar-refractivity contribution in [3.8, 4) is 0 Å². The molecule has 0 amide bonds. The van der Waals surface area contributed by atoms with Crippen molar-refractivity contribution in [2.24, 2.45) is 11.3 Å². The maximum atomic E-state index is 11.1. The van der Waals surface area contributed by atoms with Crippen LogP contribution in [0, 0.1) is 11.3 Å². The van der Waals surface area contributed by atoms with Gasteiger partial charge in [0.05, 0.1) is 17.4 Å². The van der Waals surface area contributed by atoms with E-state index in [9.17, 15) is 19.8 Å². The number of carboxylic acid groups (broad SMARTS) is 2. The van der Waals surface area contributed by atoms with Gasteiger partial charge in [-0.15, -0.1) is 0 Å². The second-order valence-corrected chi connectivity index (χ2v) is 4.23. The number of carboxylic acids is 2. The molecular weight excluding hydrogens is 242 g/mol. The van der Waals surface area contributed by atoms with Crippen LogP contribution in [0.3, 0.4) is 0 Å². The van der Waals surface area contributed by atoms with Gasteiger partial charge in [0.2, 0.25) is 0 Å². The molecule has 1 aliphatic rings. The minimum atomic E-state index is -1.78. The van der Waals surface area contributed by atoms with Crippen molar-refractivity contribution in [3.05, 3.63) is 0 Å². The second-order valence-electron chi connectivity index (χ2n) is 4.23. The molecule has 0 radical (unpaired) electrons.